The maximum Gasteiger partial charge on any atom is 0.180 e. The van der Waals surface area contributed by atoms with Gasteiger partial charge in [-0.15, -0.1) is 0 Å². The van der Waals surface area contributed by atoms with Crippen molar-refractivity contribution in [2.75, 3.05) is 7.11 Å². The van der Waals surface area contributed by atoms with Crippen molar-refractivity contribution in [3.63, 3.8) is 0 Å². The maximum atomic E-state index is 9.04. The van der Waals surface area contributed by atoms with E-state index in [0.717, 1.165) is 5.56 Å². The zero-order valence-electron chi connectivity index (χ0n) is 13.0. The molecule has 2 N–H and O–H groups in total. The van der Waals surface area contributed by atoms with E-state index in [9.17, 15) is 0 Å². The Morgan fingerprint density at radius 2 is 2.04 bits per heavy atom. The minimum atomic E-state index is 0.0250. The van der Waals surface area contributed by atoms with Gasteiger partial charge in [0.2, 0.25) is 0 Å². The molecule has 0 amide bonds. The largest absolute Gasteiger partial charge is 0.493 e. The summed E-state index contributed by atoms with van der Waals surface area (Å²) in [5, 5.41) is 9.42. The van der Waals surface area contributed by atoms with E-state index in [0.29, 0.717) is 28.7 Å². The predicted octanol–water partition coefficient (Wildman–Crippen LogP) is 4.12. The second-order valence-corrected chi connectivity index (χ2v) is 5.69. The Kier molecular flexibility index (Phi) is 6.19. The molecule has 2 aromatic carbocycles. The van der Waals surface area contributed by atoms with Crippen LogP contribution in [0, 0.1) is 11.3 Å². The summed E-state index contributed by atoms with van der Waals surface area (Å²) in [6, 6.07) is 15.0. The van der Waals surface area contributed by atoms with Crippen LogP contribution in [0.2, 0.25) is 5.02 Å². The van der Waals surface area contributed by atoms with Crippen LogP contribution in [-0.4, -0.2) is 12.1 Å². The molecule has 0 aliphatic rings. The lowest BCUT2D eigenvalue weighted by Gasteiger charge is -2.13. The molecular formula is C18H15ClN2O2S. The Labute approximate surface area is 151 Å². The first-order valence-electron chi connectivity index (χ1n) is 7.01. The van der Waals surface area contributed by atoms with E-state index in [-0.39, 0.29) is 10.6 Å². The molecule has 0 bridgehead atoms. The van der Waals surface area contributed by atoms with Gasteiger partial charge in [-0.25, -0.2) is 0 Å². The molecular weight excluding hydrogens is 344 g/mol. The molecule has 0 spiro atoms. The highest BCUT2D eigenvalue weighted by Gasteiger charge is 2.12. The van der Waals surface area contributed by atoms with E-state index in [1.54, 1.807) is 18.2 Å². The summed E-state index contributed by atoms with van der Waals surface area (Å²) in [5.41, 5.74) is 7.35. The standard InChI is InChI=1S/C18H15ClN2O2S/c1-22-16-9-13(7-14(10-20)18(21)24)8-15(19)17(16)23-11-12-5-3-2-4-6-12/h2-9H,11H2,1H3,(H2,21,24)/b14-7-. The molecule has 4 nitrogen and oxygen atoms in total. The van der Waals surface area contributed by atoms with Crippen molar-refractivity contribution in [3.05, 3.63) is 64.2 Å². The fraction of sp³-hybridized carbons (Fsp3) is 0.111. The van der Waals surface area contributed by atoms with Crippen molar-refractivity contribution in [1.29, 1.82) is 5.26 Å². The molecule has 2 rings (SSSR count). The Morgan fingerprint density at radius 1 is 1.33 bits per heavy atom. The van der Waals surface area contributed by atoms with E-state index >= 15 is 0 Å². The Hall–Kier alpha value is -2.55. The fourth-order valence-corrected chi connectivity index (χ4v) is 2.40. The van der Waals surface area contributed by atoms with Crippen LogP contribution < -0.4 is 15.2 Å². The molecule has 0 fully saturated rings. The minimum Gasteiger partial charge on any atom is -0.493 e. The van der Waals surface area contributed by atoms with Gasteiger partial charge in [0, 0.05) is 0 Å². The lowest BCUT2D eigenvalue weighted by atomic mass is 10.1. The topological polar surface area (TPSA) is 68.3 Å². The first-order chi connectivity index (χ1) is 11.5. The number of benzene rings is 2. The molecule has 6 heteroatoms. The Morgan fingerprint density at radius 3 is 2.62 bits per heavy atom. The molecule has 0 radical (unpaired) electrons. The van der Waals surface area contributed by atoms with Crippen LogP contribution in [0.4, 0.5) is 0 Å². The molecule has 0 atom stereocenters. The van der Waals surface area contributed by atoms with Crippen molar-refractivity contribution >= 4 is 34.9 Å². The minimum absolute atomic E-state index is 0.0250. The van der Waals surface area contributed by atoms with Gasteiger partial charge >= 0.3 is 0 Å². The molecule has 0 saturated heterocycles. The molecule has 0 unspecified atom stereocenters. The molecule has 24 heavy (non-hydrogen) atoms. The molecule has 0 aliphatic carbocycles. The van der Waals surface area contributed by atoms with Gasteiger partial charge in [0.1, 0.15) is 17.7 Å². The van der Waals surface area contributed by atoms with Gasteiger partial charge < -0.3 is 15.2 Å². The first kappa shape index (κ1) is 17.8. The molecule has 0 aromatic heterocycles. The van der Waals surface area contributed by atoms with Crippen molar-refractivity contribution in [2.45, 2.75) is 6.61 Å². The molecule has 122 valence electrons. The summed E-state index contributed by atoms with van der Waals surface area (Å²) in [6.07, 6.45) is 1.55. The number of nitriles is 1. The highest BCUT2D eigenvalue weighted by molar-refractivity contribution is 7.80. The van der Waals surface area contributed by atoms with Crippen LogP contribution in [0.15, 0.2) is 48.0 Å². The molecule has 0 aliphatic heterocycles. The monoisotopic (exact) mass is 358 g/mol. The number of methoxy groups -OCH3 is 1. The lowest BCUT2D eigenvalue weighted by Crippen LogP contribution is -2.09. The summed E-state index contributed by atoms with van der Waals surface area (Å²) in [7, 11) is 1.52. The van der Waals surface area contributed by atoms with Crippen molar-refractivity contribution in [3.8, 4) is 17.6 Å². The van der Waals surface area contributed by atoms with E-state index in [2.05, 4.69) is 0 Å². The van der Waals surface area contributed by atoms with Gasteiger partial charge in [0.25, 0.3) is 0 Å². The first-order valence-corrected chi connectivity index (χ1v) is 7.79. The van der Waals surface area contributed by atoms with Crippen LogP contribution in [0.3, 0.4) is 0 Å². The number of rotatable bonds is 6. The summed E-state index contributed by atoms with van der Waals surface area (Å²) in [6.45, 7) is 0.364. The van der Waals surface area contributed by atoms with Crippen molar-refractivity contribution in [2.24, 2.45) is 5.73 Å². The fourth-order valence-electron chi connectivity index (χ4n) is 2.02. The lowest BCUT2D eigenvalue weighted by molar-refractivity contribution is 0.284. The summed E-state index contributed by atoms with van der Waals surface area (Å²) in [4.78, 5) is 0.0250. The van der Waals surface area contributed by atoms with Crippen LogP contribution in [-0.2, 0) is 6.61 Å². The van der Waals surface area contributed by atoms with Crippen molar-refractivity contribution in [1.82, 2.24) is 0 Å². The van der Waals surface area contributed by atoms with Gasteiger partial charge in [0.15, 0.2) is 11.5 Å². The van der Waals surface area contributed by atoms with E-state index < -0.39 is 0 Å². The molecule has 2 aromatic rings. The Balaban J connectivity index is 2.31. The highest BCUT2D eigenvalue weighted by atomic mass is 35.5. The number of halogens is 1. The predicted molar refractivity (Wildman–Crippen MR) is 99.2 cm³/mol. The average Bonchev–Trinajstić information content (AvgIpc) is 2.58. The zero-order chi connectivity index (χ0) is 17.5. The van der Waals surface area contributed by atoms with Gasteiger partial charge in [-0.3, -0.25) is 0 Å². The van der Waals surface area contributed by atoms with Gasteiger partial charge in [-0.1, -0.05) is 54.2 Å². The molecule has 0 heterocycles. The van der Waals surface area contributed by atoms with Gasteiger partial charge in [-0.2, -0.15) is 5.26 Å². The second-order valence-electron chi connectivity index (χ2n) is 4.84. The third kappa shape index (κ3) is 4.48. The third-order valence-electron chi connectivity index (χ3n) is 3.17. The summed E-state index contributed by atoms with van der Waals surface area (Å²) in [5.74, 6) is 0.902. The second kappa shape index (κ2) is 8.34. The average molecular weight is 359 g/mol. The number of ether oxygens (including phenoxy) is 2. The maximum absolute atomic E-state index is 9.04. The number of thiocarbonyl (C=S) groups is 1. The quantitative estimate of drug-likeness (QED) is 0.478. The third-order valence-corrected chi connectivity index (χ3v) is 3.68. The Bertz CT molecular complexity index is 814. The van der Waals surface area contributed by atoms with Gasteiger partial charge in [-0.05, 0) is 29.3 Å². The van der Waals surface area contributed by atoms with Crippen LogP contribution in [0.5, 0.6) is 11.5 Å². The number of hydrogen-bond acceptors (Lipinski definition) is 4. The molecule has 0 saturated carbocycles. The van der Waals surface area contributed by atoms with Crippen LogP contribution >= 0.6 is 23.8 Å². The summed E-state index contributed by atoms with van der Waals surface area (Å²) >= 11 is 11.1. The highest BCUT2D eigenvalue weighted by Crippen LogP contribution is 2.37. The number of nitrogens with two attached hydrogens (primary N) is 1. The van der Waals surface area contributed by atoms with Crippen LogP contribution in [0.25, 0.3) is 6.08 Å². The van der Waals surface area contributed by atoms with E-state index in [1.165, 1.54) is 7.11 Å². The van der Waals surface area contributed by atoms with Gasteiger partial charge in [0.05, 0.1) is 17.7 Å². The smallest absolute Gasteiger partial charge is 0.180 e. The van der Waals surface area contributed by atoms with Crippen LogP contribution in [0.1, 0.15) is 11.1 Å². The van der Waals surface area contributed by atoms with Crippen molar-refractivity contribution < 1.29 is 9.47 Å². The van der Waals surface area contributed by atoms with E-state index in [1.807, 2.05) is 36.4 Å². The van der Waals surface area contributed by atoms with E-state index in [4.69, 9.17) is 44.3 Å². The number of hydrogen-bond donors (Lipinski definition) is 1. The normalized spacial score (nSPS) is 10.8. The SMILES string of the molecule is COc1cc(/C=C(/C#N)C(N)=S)cc(Cl)c1OCc1ccccc1. The summed E-state index contributed by atoms with van der Waals surface area (Å²) < 4.78 is 11.1. The zero-order valence-corrected chi connectivity index (χ0v) is 14.5. The number of nitrogens with zero attached hydrogens (tertiary/aromatic N) is 1.